The number of rotatable bonds is 5. The summed E-state index contributed by atoms with van der Waals surface area (Å²) in [7, 11) is 0. The molecule has 0 radical (unpaired) electrons. The van der Waals surface area contributed by atoms with Gasteiger partial charge in [0.05, 0.1) is 10.7 Å². The van der Waals surface area contributed by atoms with E-state index >= 15 is 0 Å². The van der Waals surface area contributed by atoms with E-state index in [9.17, 15) is 9.59 Å². The maximum Gasteiger partial charge on any atom is 0.223 e. The van der Waals surface area contributed by atoms with E-state index in [-0.39, 0.29) is 17.7 Å². The highest BCUT2D eigenvalue weighted by atomic mass is 35.5. The minimum atomic E-state index is -0.144. The van der Waals surface area contributed by atoms with E-state index in [0.717, 1.165) is 12.8 Å². The molecule has 0 spiro atoms. The Morgan fingerprint density at radius 1 is 1.35 bits per heavy atom. The van der Waals surface area contributed by atoms with Gasteiger partial charge < -0.3 is 10.2 Å². The molecule has 0 aliphatic heterocycles. The molecular weight excluding hydrogens is 299 g/mol. The molecule has 0 unspecified atom stereocenters. The molecule has 6 heteroatoms. The first-order chi connectivity index (χ1) is 9.49. The normalized spacial score (nSPS) is 13.9. The molecule has 0 aromatic heterocycles. The SMILES string of the molecule is CC(=O)N(CCNC(=O)C1CC1)c1cc(Cl)ccc1Cl. The Balaban J connectivity index is 2.00. The van der Waals surface area contributed by atoms with E-state index in [1.165, 1.54) is 11.8 Å². The Morgan fingerprint density at radius 3 is 2.65 bits per heavy atom. The summed E-state index contributed by atoms with van der Waals surface area (Å²) >= 11 is 12.0. The van der Waals surface area contributed by atoms with Crippen molar-refractivity contribution < 1.29 is 9.59 Å². The van der Waals surface area contributed by atoms with E-state index in [2.05, 4.69) is 5.32 Å². The lowest BCUT2D eigenvalue weighted by Gasteiger charge is -2.22. The van der Waals surface area contributed by atoms with Crippen LogP contribution in [0.4, 0.5) is 5.69 Å². The summed E-state index contributed by atoms with van der Waals surface area (Å²) in [6.07, 6.45) is 1.92. The molecule has 1 aliphatic carbocycles. The van der Waals surface area contributed by atoms with Crippen molar-refractivity contribution >= 4 is 40.7 Å². The number of hydrogen-bond donors (Lipinski definition) is 1. The first kappa shape index (κ1) is 15.1. The van der Waals surface area contributed by atoms with Crippen molar-refractivity contribution in [1.29, 1.82) is 0 Å². The Hall–Kier alpha value is -1.26. The van der Waals surface area contributed by atoms with Crippen molar-refractivity contribution in [3.8, 4) is 0 Å². The summed E-state index contributed by atoms with van der Waals surface area (Å²) in [6, 6.07) is 4.96. The average Bonchev–Trinajstić information content (AvgIpc) is 3.21. The summed E-state index contributed by atoms with van der Waals surface area (Å²) < 4.78 is 0. The molecule has 1 aliphatic rings. The van der Waals surface area contributed by atoms with Crippen LogP contribution in [0.3, 0.4) is 0 Å². The number of carbonyl (C=O) groups excluding carboxylic acids is 2. The van der Waals surface area contributed by atoms with Crippen molar-refractivity contribution in [1.82, 2.24) is 5.32 Å². The van der Waals surface area contributed by atoms with Gasteiger partial charge in [-0.1, -0.05) is 23.2 Å². The summed E-state index contributed by atoms with van der Waals surface area (Å²) in [5.74, 6) is 0.0797. The van der Waals surface area contributed by atoms with Crippen LogP contribution in [0.5, 0.6) is 0 Å². The number of anilines is 1. The molecule has 1 saturated carbocycles. The van der Waals surface area contributed by atoms with E-state index in [1.807, 2.05) is 0 Å². The van der Waals surface area contributed by atoms with Crippen molar-refractivity contribution in [2.45, 2.75) is 19.8 Å². The second-order valence-corrected chi connectivity index (χ2v) is 5.68. The highest BCUT2D eigenvalue weighted by Crippen LogP contribution is 2.30. The number of halogens is 2. The maximum atomic E-state index is 11.7. The average molecular weight is 315 g/mol. The molecule has 1 aromatic rings. The Bertz CT molecular complexity index is 530. The highest BCUT2D eigenvalue weighted by Gasteiger charge is 2.29. The molecule has 0 heterocycles. The van der Waals surface area contributed by atoms with Crippen LogP contribution in [0.1, 0.15) is 19.8 Å². The maximum absolute atomic E-state index is 11.7. The Labute approximate surface area is 128 Å². The molecule has 1 fully saturated rings. The molecule has 1 aromatic carbocycles. The van der Waals surface area contributed by atoms with E-state index in [1.54, 1.807) is 18.2 Å². The molecule has 2 amide bonds. The molecule has 1 N–H and O–H groups in total. The van der Waals surface area contributed by atoms with Gasteiger partial charge in [0.15, 0.2) is 0 Å². The number of benzene rings is 1. The quantitative estimate of drug-likeness (QED) is 0.908. The van der Waals surface area contributed by atoms with Gasteiger partial charge in [0.1, 0.15) is 0 Å². The molecular formula is C14H16Cl2N2O2. The van der Waals surface area contributed by atoms with Gasteiger partial charge >= 0.3 is 0 Å². The van der Waals surface area contributed by atoms with Crippen LogP contribution < -0.4 is 10.2 Å². The standard InChI is InChI=1S/C14H16Cl2N2O2/c1-9(19)18(7-6-17-14(20)10-2-3-10)13-8-11(15)4-5-12(13)16/h4-5,8,10H,2-3,6-7H2,1H3,(H,17,20). The number of nitrogens with zero attached hydrogens (tertiary/aromatic N) is 1. The smallest absolute Gasteiger partial charge is 0.223 e. The molecule has 0 bridgehead atoms. The van der Waals surface area contributed by atoms with Gasteiger partial charge in [-0.2, -0.15) is 0 Å². The van der Waals surface area contributed by atoms with E-state index in [0.29, 0.717) is 28.8 Å². The summed E-state index contributed by atoms with van der Waals surface area (Å²) in [5, 5.41) is 3.79. The topological polar surface area (TPSA) is 49.4 Å². The predicted octanol–water partition coefficient (Wildman–Crippen LogP) is 2.87. The fourth-order valence-corrected chi connectivity index (χ4v) is 2.31. The van der Waals surface area contributed by atoms with Gasteiger partial charge in [-0.3, -0.25) is 9.59 Å². The van der Waals surface area contributed by atoms with Crippen LogP contribution in [0.25, 0.3) is 0 Å². The molecule has 0 saturated heterocycles. The number of hydrogen-bond acceptors (Lipinski definition) is 2. The van der Waals surface area contributed by atoms with Gasteiger partial charge in [0.2, 0.25) is 11.8 Å². The number of amides is 2. The lowest BCUT2D eigenvalue weighted by Crippen LogP contribution is -2.38. The Kier molecular flexibility index (Phi) is 4.89. The molecule has 4 nitrogen and oxygen atoms in total. The first-order valence-electron chi connectivity index (χ1n) is 6.50. The highest BCUT2D eigenvalue weighted by molar-refractivity contribution is 6.35. The number of carbonyl (C=O) groups is 2. The second kappa shape index (κ2) is 6.46. The third kappa shape index (κ3) is 3.87. The third-order valence-corrected chi connectivity index (χ3v) is 3.72. The monoisotopic (exact) mass is 314 g/mol. The summed E-state index contributed by atoms with van der Waals surface area (Å²) in [4.78, 5) is 24.8. The first-order valence-corrected chi connectivity index (χ1v) is 7.25. The van der Waals surface area contributed by atoms with E-state index in [4.69, 9.17) is 23.2 Å². The van der Waals surface area contributed by atoms with Crippen LogP contribution >= 0.6 is 23.2 Å². The van der Waals surface area contributed by atoms with Gasteiger partial charge in [0, 0.05) is 31.0 Å². The fourth-order valence-electron chi connectivity index (χ4n) is 1.92. The minimum Gasteiger partial charge on any atom is -0.354 e. The molecule has 20 heavy (non-hydrogen) atoms. The van der Waals surface area contributed by atoms with Crippen LogP contribution in [-0.2, 0) is 9.59 Å². The van der Waals surface area contributed by atoms with Crippen LogP contribution in [0.15, 0.2) is 18.2 Å². The molecule has 108 valence electrons. The zero-order valence-electron chi connectivity index (χ0n) is 11.2. The van der Waals surface area contributed by atoms with E-state index < -0.39 is 0 Å². The van der Waals surface area contributed by atoms with Crippen molar-refractivity contribution in [3.63, 3.8) is 0 Å². The van der Waals surface area contributed by atoms with Gasteiger partial charge in [-0.25, -0.2) is 0 Å². The van der Waals surface area contributed by atoms with Crippen LogP contribution in [0, 0.1) is 5.92 Å². The summed E-state index contributed by atoms with van der Waals surface area (Å²) in [5.41, 5.74) is 0.562. The predicted molar refractivity (Wildman–Crippen MR) is 80.2 cm³/mol. The largest absolute Gasteiger partial charge is 0.354 e. The lowest BCUT2D eigenvalue weighted by molar-refractivity contribution is -0.122. The van der Waals surface area contributed by atoms with Crippen molar-refractivity contribution in [2.75, 3.05) is 18.0 Å². The number of nitrogens with one attached hydrogen (secondary N) is 1. The Morgan fingerprint density at radius 2 is 2.05 bits per heavy atom. The zero-order valence-corrected chi connectivity index (χ0v) is 12.7. The zero-order chi connectivity index (χ0) is 14.7. The minimum absolute atomic E-state index is 0.0608. The van der Waals surface area contributed by atoms with Gasteiger partial charge in [-0.05, 0) is 31.0 Å². The van der Waals surface area contributed by atoms with Crippen LogP contribution in [-0.4, -0.2) is 24.9 Å². The molecule has 0 atom stereocenters. The summed E-state index contributed by atoms with van der Waals surface area (Å²) in [6.45, 7) is 2.23. The second-order valence-electron chi connectivity index (χ2n) is 4.83. The van der Waals surface area contributed by atoms with Crippen LogP contribution in [0.2, 0.25) is 10.0 Å². The van der Waals surface area contributed by atoms with Gasteiger partial charge in [0.25, 0.3) is 0 Å². The van der Waals surface area contributed by atoms with Crippen molar-refractivity contribution in [2.24, 2.45) is 5.92 Å². The van der Waals surface area contributed by atoms with Crippen molar-refractivity contribution in [3.05, 3.63) is 28.2 Å². The lowest BCUT2D eigenvalue weighted by atomic mass is 10.2. The molecule has 2 rings (SSSR count). The van der Waals surface area contributed by atoms with Gasteiger partial charge in [-0.15, -0.1) is 0 Å². The fraction of sp³-hybridized carbons (Fsp3) is 0.429. The third-order valence-electron chi connectivity index (χ3n) is 3.16.